The van der Waals surface area contributed by atoms with Gasteiger partial charge in [-0.15, -0.1) is 0 Å². The maximum absolute atomic E-state index is 2.88. The van der Waals surface area contributed by atoms with Crippen LogP contribution in [0.25, 0.3) is 85.9 Å². The fraction of sp³-hybridized carbons (Fsp3) is 0.375. The number of nitrogens with zero attached hydrogens (tertiary/aromatic N) is 2. The molecule has 0 saturated heterocycles. The molecule has 0 amide bonds. The van der Waals surface area contributed by atoms with Crippen LogP contribution < -0.4 is 21.9 Å². The molecule has 346 valence electrons. The molecule has 9 aromatic rings. The molecule has 3 aromatic heterocycles. The summed E-state index contributed by atoms with van der Waals surface area (Å²) >= 11 is 0.0399. The van der Waals surface area contributed by atoms with Crippen molar-refractivity contribution in [2.24, 2.45) is 0 Å². The van der Waals surface area contributed by atoms with Crippen molar-refractivity contribution in [3.8, 4) is 42.3 Å². The topological polar surface area (TPSA) is 9.86 Å². The molecule has 0 unspecified atom stereocenters. The van der Waals surface area contributed by atoms with Gasteiger partial charge in [0.15, 0.2) is 0 Å². The van der Waals surface area contributed by atoms with Crippen molar-refractivity contribution in [2.75, 3.05) is 0 Å². The fourth-order valence-corrected chi connectivity index (χ4v) is 15.8. The van der Waals surface area contributed by atoms with Crippen molar-refractivity contribution < 1.29 is 0 Å². The van der Waals surface area contributed by atoms with E-state index in [0.717, 1.165) is 0 Å². The van der Waals surface area contributed by atoms with Gasteiger partial charge in [0.2, 0.25) is 0 Å². The number of hydrogen-bond acceptors (Lipinski definition) is 0. The van der Waals surface area contributed by atoms with E-state index < -0.39 is 0 Å². The van der Waals surface area contributed by atoms with Crippen molar-refractivity contribution in [3.05, 3.63) is 118 Å². The molecule has 5 heteroatoms. The third kappa shape index (κ3) is 5.81. The van der Waals surface area contributed by atoms with Gasteiger partial charge in [0.1, 0.15) is 0 Å². The third-order valence-corrected chi connectivity index (χ3v) is 19.7. The summed E-state index contributed by atoms with van der Waals surface area (Å²) in [4.78, 5) is 0. The molecule has 6 aromatic carbocycles. The molecule has 0 radical (unpaired) electrons. The van der Waals surface area contributed by atoms with Gasteiger partial charge in [-0.2, -0.15) is 0 Å². The Kier molecular flexibility index (Phi) is 8.37. The SMILES string of the molecule is CC(C)(C)c1ccc2c(c1)B1c3c([se]c4c3B3c5cc(C(C)(C)C)ccc5-c5cc(C(C)(C)C)cc6c7cc(C(C)(C)C)cc-4c7n3c56)-c3cc(C(C)(C)C)cc4c5cc(C(C)(C)C)cc-2c5n1c34. The quantitative estimate of drug-likeness (QED) is 0.134. The normalized spacial score (nSPS) is 15.0. The van der Waals surface area contributed by atoms with Gasteiger partial charge in [-0.1, -0.05) is 0 Å². The number of benzene rings is 6. The summed E-state index contributed by atoms with van der Waals surface area (Å²) in [5.41, 5.74) is 28.8. The third-order valence-electron chi connectivity index (χ3n) is 17.0. The molecule has 69 heavy (non-hydrogen) atoms. The zero-order chi connectivity index (χ0) is 48.9. The van der Waals surface area contributed by atoms with Crippen molar-refractivity contribution in [1.82, 2.24) is 8.96 Å². The van der Waals surface area contributed by atoms with Gasteiger partial charge >= 0.3 is 420 Å². The second kappa shape index (κ2) is 13.1. The Morgan fingerprint density at radius 3 is 0.870 bits per heavy atom. The van der Waals surface area contributed by atoms with Crippen LogP contribution in [-0.4, -0.2) is 37.2 Å². The molecule has 0 saturated carbocycles. The first-order valence-corrected chi connectivity index (χ1v) is 27.5. The van der Waals surface area contributed by atoms with Gasteiger partial charge in [0.05, 0.1) is 0 Å². The van der Waals surface area contributed by atoms with Crippen LogP contribution in [0.3, 0.4) is 0 Å². The van der Waals surface area contributed by atoms with Gasteiger partial charge in [-0.05, 0) is 0 Å². The zero-order valence-electron chi connectivity index (χ0n) is 44.5. The minimum absolute atomic E-state index is 0.00386. The first-order chi connectivity index (χ1) is 32.0. The van der Waals surface area contributed by atoms with E-state index in [9.17, 15) is 0 Å². The summed E-state index contributed by atoms with van der Waals surface area (Å²) in [5, 5.41) is 5.68. The first-order valence-electron chi connectivity index (χ1n) is 25.8. The Hall–Kier alpha value is -4.95. The number of rotatable bonds is 0. The molecule has 4 aliphatic heterocycles. The maximum atomic E-state index is 2.88. The van der Waals surface area contributed by atoms with E-state index in [1.54, 1.807) is 19.8 Å². The molecule has 0 spiro atoms. The van der Waals surface area contributed by atoms with Crippen LogP contribution in [0, 0.1) is 0 Å². The molecule has 0 N–H and O–H groups in total. The Labute approximate surface area is 417 Å². The van der Waals surface area contributed by atoms with Crippen LogP contribution in [0.2, 0.25) is 0 Å². The number of aromatic nitrogens is 2. The number of hydrogen-bond donors (Lipinski definition) is 0. The van der Waals surface area contributed by atoms with Crippen LogP contribution in [0.5, 0.6) is 0 Å². The molecule has 0 fully saturated rings. The van der Waals surface area contributed by atoms with Crippen molar-refractivity contribution >= 4 is 93.7 Å². The number of fused-ring (bicyclic) bond motifs is 15. The minimum atomic E-state index is -0.0248. The standard InChI is InChI=1S/C64H68B2N2Se/c1-59(2,3)33-19-21-39-41-23-35(61(7,8)9)25-43-45-27-37(63(13,14)15)29-47-55(45)67(53(41)43)65(49(39)31-33)51-52-58(69-57(47)51)48-30-38(64(16,17)18)28-46-44-26-36(62(10,11)12)24-42-40-22-20-34(60(4,5)6)32-50(40)66(52)68(54(42)44)56(46)48/h19-32H,1-18H3. The second-order valence-corrected chi connectivity index (χ2v) is 30.1. The van der Waals surface area contributed by atoms with Gasteiger partial charge in [-0.3, -0.25) is 0 Å². The van der Waals surface area contributed by atoms with Crippen LogP contribution in [0.15, 0.2) is 84.9 Å². The predicted molar refractivity (Wildman–Crippen MR) is 304 cm³/mol. The molecule has 4 aliphatic rings. The monoisotopic (exact) mass is 966 g/mol. The fourth-order valence-electron chi connectivity index (χ4n) is 12.9. The van der Waals surface area contributed by atoms with Gasteiger partial charge < -0.3 is 0 Å². The van der Waals surface area contributed by atoms with Crippen LogP contribution in [0.4, 0.5) is 0 Å². The summed E-state index contributed by atoms with van der Waals surface area (Å²) in [7, 11) is 0. The van der Waals surface area contributed by atoms with Gasteiger partial charge in [0.25, 0.3) is 0 Å². The van der Waals surface area contributed by atoms with Crippen LogP contribution in [-0.2, 0) is 32.5 Å². The van der Waals surface area contributed by atoms with Crippen molar-refractivity contribution in [3.63, 3.8) is 0 Å². The Balaban J connectivity index is 1.26. The van der Waals surface area contributed by atoms with Crippen molar-refractivity contribution in [1.29, 1.82) is 0 Å². The van der Waals surface area contributed by atoms with E-state index in [0.29, 0.717) is 0 Å². The Bertz CT molecular complexity index is 3590. The van der Waals surface area contributed by atoms with E-state index in [4.69, 9.17) is 0 Å². The van der Waals surface area contributed by atoms with E-state index in [1.165, 1.54) is 121 Å². The average Bonchev–Trinajstić information content (AvgIpc) is 3.92. The molecule has 0 atom stereocenters. The molecule has 7 heterocycles. The second-order valence-electron chi connectivity index (χ2n) is 27.9. The first kappa shape index (κ1) is 44.0. The van der Waals surface area contributed by atoms with Crippen molar-refractivity contribution in [2.45, 2.75) is 157 Å². The zero-order valence-corrected chi connectivity index (χ0v) is 46.3. The van der Waals surface area contributed by atoms with E-state index in [2.05, 4.69) is 219 Å². The predicted octanol–water partition coefficient (Wildman–Crippen LogP) is 14.0. The summed E-state index contributed by atoms with van der Waals surface area (Å²) in [6.07, 6.45) is 0. The van der Waals surface area contributed by atoms with Crippen LogP contribution >= 0.6 is 0 Å². The summed E-state index contributed by atoms with van der Waals surface area (Å²) < 4.78 is 8.98. The van der Waals surface area contributed by atoms with E-state index in [-0.39, 0.29) is 60.7 Å². The molecule has 2 nitrogen and oxygen atoms in total. The summed E-state index contributed by atoms with van der Waals surface area (Å²) in [6, 6.07) is 36.0. The molecule has 0 aliphatic carbocycles. The van der Waals surface area contributed by atoms with Gasteiger partial charge in [0, 0.05) is 0 Å². The molecule has 0 bridgehead atoms. The summed E-state index contributed by atoms with van der Waals surface area (Å²) in [6.45, 7) is 43.3. The van der Waals surface area contributed by atoms with Gasteiger partial charge in [-0.25, -0.2) is 0 Å². The molecular weight excluding hydrogens is 897 g/mol. The summed E-state index contributed by atoms with van der Waals surface area (Å²) in [5.74, 6) is 0. The Morgan fingerprint density at radius 1 is 0.304 bits per heavy atom. The van der Waals surface area contributed by atoms with E-state index in [1.807, 2.05) is 0 Å². The molecule has 13 rings (SSSR count). The molecular formula is C64H68B2N2Se. The van der Waals surface area contributed by atoms with Crippen LogP contribution in [0.1, 0.15) is 158 Å². The Morgan fingerprint density at radius 2 is 0.580 bits per heavy atom. The average molecular weight is 966 g/mol. The van der Waals surface area contributed by atoms with E-state index >= 15 is 0 Å².